The van der Waals surface area contributed by atoms with Crippen LogP contribution < -0.4 is 11.5 Å². The van der Waals surface area contributed by atoms with Gasteiger partial charge >= 0.3 is 5.97 Å². The Kier molecular flexibility index (Phi) is 4.72. The topological polar surface area (TPSA) is 89.3 Å². The number of carboxylic acids is 1. The van der Waals surface area contributed by atoms with Crippen molar-refractivity contribution in [3.05, 3.63) is 0 Å². The van der Waals surface area contributed by atoms with E-state index in [0.29, 0.717) is 0 Å². The lowest BCUT2D eigenvalue weighted by atomic mass is 10.1. The molecule has 0 aromatic carbocycles. The minimum Gasteiger partial charge on any atom is -0.480 e. The van der Waals surface area contributed by atoms with E-state index in [1.165, 1.54) is 0 Å². The maximum atomic E-state index is 12.6. The first-order chi connectivity index (χ1) is 5.07. The molecule has 0 rings (SSSR count). The van der Waals surface area contributed by atoms with E-state index in [2.05, 4.69) is 0 Å². The Morgan fingerprint density at radius 1 is 1.64 bits per heavy atom. The predicted octanol–water partition coefficient (Wildman–Crippen LogP) is -0.525. The molecule has 0 amide bonds. The summed E-state index contributed by atoms with van der Waals surface area (Å²) >= 11 is 0. The predicted molar refractivity (Wildman–Crippen MR) is 38.8 cm³/mol. The van der Waals surface area contributed by atoms with E-state index in [4.69, 9.17) is 16.6 Å². The van der Waals surface area contributed by atoms with E-state index in [1.54, 1.807) is 0 Å². The van der Waals surface area contributed by atoms with Crippen LogP contribution in [0.5, 0.6) is 0 Å². The first kappa shape index (κ1) is 10.3. The number of carbonyl (C=O) groups is 1. The van der Waals surface area contributed by atoms with Crippen molar-refractivity contribution in [2.75, 3.05) is 6.54 Å². The van der Waals surface area contributed by atoms with E-state index < -0.39 is 18.2 Å². The summed E-state index contributed by atoms with van der Waals surface area (Å²) in [7, 11) is 0. The molecule has 0 saturated carbocycles. The SMILES string of the molecule is NCCC(F)CC(N)C(=O)O. The molecule has 4 nitrogen and oxygen atoms in total. The van der Waals surface area contributed by atoms with Crippen LogP contribution in [0.4, 0.5) is 4.39 Å². The molecule has 0 bridgehead atoms. The number of nitrogens with two attached hydrogens (primary N) is 2. The standard InChI is InChI=1S/C6H13FN2O2/c7-4(1-2-8)3-5(9)6(10)11/h4-5H,1-3,8-9H2,(H,10,11). The van der Waals surface area contributed by atoms with Crippen molar-refractivity contribution in [3.63, 3.8) is 0 Å². The normalized spacial score (nSPS) is 15.9. The van der Waals surface area contributed by atoms with Gasteiger partial charge in [0.1, 0.15) is 12.2 Å². The highest BCUT2D eigenvalue weighted by Crippen LogP contribution is 2.04. The van der Waals surface area contributed by atoms with Gasteiger partial charge in [0.25, 0.3) is 0 Å². The van der Waals surface area contributed by atoms with Crippen molar-refractivity contribution >= 4 is 5.97 Å². The third-order valence-corrected chi connectivity index (χ3v) is 1.31. The summed E-state index contributed by atoms with van der Waals surface area (Å²) in [5.41, 5.74) is 10.1. The first-order valence-electron chi connectivity index (χ1n) is 3.40. The van der Waals surface area contributed by atoms with Crippen LogP contribution in [0.1, 0.15) is 12.8 Å². The van der Waals surface area contributed by atoms with Crippen LogP contribution in [0.3, 0.4) is 0 Å². The molecule has 0 fully saturated rings. The average molecular weight is 164 g/mol. The second kappa shape index (κ2) is 5.03. The number of halogens is 1. The van der Waals surface area contributed by atoms with E-state index >= 15 is 0 Å². The number of carboxylic acid groups (broad SMARTS) is 1. The Morgan fingerprint density at radius 3 is 2.55 bits per heavy atom. The molecule has 0 radical (unpaired) electrons. The minimum absolute atomic E-state index is 0.160. The molecule has 0 spiro atoms. The van der Waals surface area contributed by atoms with Crippen LogP contribution in [0.15, 0.2) is 0 Å². The molecule has 66 valence electrons. The van der Waals surface area contributed by atoms with Crippen LogP contribution in [0.25, 0.3) is 0 Å². The monoisotopic (exact) mass is 164 g/mol. The molecule has 5 N–H and O–H groups in total. The lowest BCUT2D eigenvalue weighted by Gasteiger charge is -2.09. The lowest BCUT2D eigenvalue weighted by Crippen LogP contribution is -2.33. The molecule has 0 aliphatic heterocycles. The highest BCUT2D eigenvalue weighted by atomic mass is 19.1. The Labute approximate surface area is 64.4 Å². The smallest absolute Gasteiger partial charge is 0.320 e. The van der Waals surface area contributed by atoms with Crippen molar-refractivity contribution < 1.29 is 14.3 Å². The molecular weight excluding hydrogens is 151 g/mol. The third kappa shape index (κ3) is 4.69. The van der Waals surface area contributed by atoms with Gasteiger partial charge in [-0.2, -0.15) is 0 Å². The fraction of sp³-hybridized carbons (Fsp3) is 0.833. The van der Waals surface area contributed by atoms with Crippen molar-refractivity contribution in [2.45, 2.75) is 25.1 Å². The van der Waals surface area contributed by atoms with Gasteiger partial charge in [-0.25, -0.2) is 4.39 Å². The molecular formula is C6H13FN2O2. The second-order valence-corrected chi connectivity index (χ2v) is 2.36. The molecule has 0 aromatic rings. The van der Waals surface area contributed by atoms with Crippen molar-refractivity contribution in [1.82, 2.24) is 0 Å². The number of alkyl halides is 1. The number of rotatable bonds is 5. The van der Waals surface area contributed by atoms with Crippen LogP contribution in [-0.2, 0) is 4.79 Å². The molecule has 11 heavy (non-hydrogen) atoms. The van der Waals surface area contributed by atoms with Gasteiger partial charge < -0.3 is 16.6 Å². The Balaban J connectivity index is 3.56. The number of hydrogen-bond donors (Lipinski definition) is 3. The quantitative estimate of drug-likeness (QED) is 0.509. The van der Waals surface area contributed by atoms with Crippen molar-refractivity contribution in [3.8, 4) is 0 Å². The Morgan fingerprint density at radius 2 is 2.18 bits per heavy atom. The van der Waals surface area contributed by atoms with Gasteiger partial charge in [-0.05, 0) is 13.0 Å². The highest BCUT2D eigenvalue weighted by Gasteiger charge is 2.17. The summed E-state index contributed by atoms with van der Waals surface area (Å²) in [6.07, 6.45) is -1.20. The van der Waals surface area contributed by atoms with Gasteiger partial charge in [0, 0.05) is 6.42 Å². The summed E-state index contributed by atoms with van der Waals surface area (Å²) in [5.74, 6) is -1.18. The maximum Gasteiger partial charge on any atom is 0.320 e. The number of aliphatic carboxylic acids is 1. The van der Waals surface area contributed by atoms with Gasteiger partial charge in [0.05, 0.1) is 0 Å². The zero-order valence-corrected chi connectivity index (χ0v) is 6.16. The summed E-state index contributed by atoms with van der Waals surface area (Å²) in [6.45, 7) is 0.216. The molecule has 0 saturated heterocycles. The zero-order chi connectivity index (χ0) is 8.85. The van der Waals surface area contributed by atoms with Crippen molar-refractivity contribution in [2.24, 2.45) is 11.5 Å². The molecule has 0 aliphatic rings. The summed E-state index contributed by atoms with van der Waals surface area (Å²) < 4.78 is 12.6. The van der Waals surface area contributed by atoms with Crippen LogP contribution >= 0.6 is 0 Å². The van der Waals surface area contributed by atoms with Crippen LogP contribution in [-0.4, -0.2) is 29.8 Å². The molecule has 2 atom stereocenters. The highest BCUT2D eigenvalue weighted by molar-refractivity contribution is 5.73. The first-order valence-corrected chi connectivity index (χ1v) is 3.40. The summed E-state index contributed by atoms with van der Waals surface area (Å²) in [6, 6.07) is -1.11. The summed E-state index contributed by atoms with van der Waals surface area (Å²) in [4.78, 5) is 10.1. The zero-order valence-electron chi connectivity index (χ0n) is 6.16. The van der Waals surface area contributed by atoms with Crippen LogP contribution in [0.2, 0.25) is 0 Å². The average Bonchev–Trinajstić information content (AvgIpc) is 1.87. The fourth-order valence-electron chi connectivity index (χ4n) is 0.675. The van der Waals surface area contributed by atoms with E-state index in [1.807, 2.05) is 0 Å². The van der Waals surface area contributed by atoms with Crippen LogP contribution in [0, 0.1) is 0 Å². The van der Waals surface area contributed by atoms with Crippen molar-refractivity contribution in [1.29, 1.82) is 0 Å². The van der Waals surface area contributed by atoms with Gasteiger partial charge in [-0.3, -0.25) is 4.79 Å². The van der Waals surface area contributed by atoms with E-state index in [9.17, 15) is 9.18 Å². The molecule has 0 aliphatic carbocycles. The Bertz CT molecular complexity index is 132. The number of hydrogen-bond acceptors (Lipinski definition) is 3. The largest absolute Gasteiger partial charge is 0.480 e. The second-order valence-electron chi connectivity index (χ2n) is 2.36. The molecule has 5 heteroatoms. The molecule has 2 unspecified atom stereocenters. The lowest BCUT2D eigenvalue weighted by molar-refractivity contribution is -0.139. The maximum absolute atomic E-state index is 12.6. The van der Waals surface area contributed by atoms with Gasteiger partial charge in [-0.1, -0.05) is 0 Å². The van der Waals surface area contributed by atoms with Gasteiger partial charge in [-0.15, -0.1) is 0 Å². The molecule has 0 heterocycles. The van der Waals surface area contributed by atoms with E-state index in [0.717, 1.165) is 0 Å². The Hall–Kier alpha value is -0.680. The van der Waals surface area contributed by atoms with Gasteiger partial charge in [0.15, 0.2) is 0 Å². The third-order valence-electron chi connectivity index (χ3n) is 1.31. The van der Waals surface area contributed by atoms with E-state index in [-0.39, 0.29) is 19.4 Å². The summed E-state index contributed by atoms with van der Waals surface area (Å²) in [5, 5.41) is 8.28. The van der Waals surface area contributed by atoms with Gasteiger partial charge in [0.2, 0.25) is 0 Å². The molecule has 0 aromatic heterocycles. The minimum atomic E-state index is -1.20. The fourth-order valence-corrected chi connectivity index (χ4v) is 0.675.